The standard InChI is InChI=1S/C23H30FN5/c24-21-6-4-19(5-7-21)23-20(11-26-27-23)15-29-14-18-3-8-22(29)16-28(13-18)12-17-2-1-9-25-10-17/h1-2,4-7,9-10,18,20,22-23,26-27H,3,8,11-16H2/t18-,20?,22+,23?/m0/s1. The van der Waals surface area contributed by atoms with E-state index in [-0.39, 0.29) is 11.9 Å². The number of nitrogens with zero attached hydrogens (tertiary/aromatic N) is 3. The summed E-state index contributed by atoms with van der Waals surface area (Å²) < 4.78 is 13.3. The first-order valence-corrected chi connectivity index (χ1v) is 10.8. The molecule has 5 heterocycles. The summed E-state index contributed by atoms with van der Waals surface area (Å²) in [7, 11) is 0. The number of pyridine rings is 1. The quantitative estimate of drug-likeness (QED) is 0.815. The maximum absolute atomic E-state index is 13.3. The first-order valence-electron chi connectivity index (χ1n) is 10.8. The van der Waals surface area contributed by atoms with Crippen molar-refractivity contribution < 1.29 is 4.39 Å². The van der Waals surface area contributed by atoms with Crippen LogP contribution in [0.3, 0.4) is 0 Å². The van der Waals surface area contributed by atoms with E-state index >= 15 is 0 Å². The topological polar surface area (TPSA) is 43.4 Å². The Bertz CT molecular complexity index is 799. The second-order valence-corrected chi connectivity index (χ2v) is 8.92. The van der Waals surface area contributed by atoms with Gasteiger partial charge in [-0.2, -0.15) is 0 Å². The maximum Gasteiger partial charge on any atom is 0.123 e. The van der Waals surface area contributed by atoms with Gasteiger partial charge in [0.2, 0.25) is 0 Å². The molecule has 0 amide bonds. The van der Waals surface area contributed by atoms with Crippen LogP contribution in [0.15, 0.2) is 48.8 Å². The molecule has 2 unspecified atom stereocenters. The van der Waals surface area contributed by atoms with Gasteiger partial charge in [0, 0.05) is 63.6 Å². The Kier molecular flexibility index (Phi) is 5.59. The van der Waals surface area contributed by atoms with Crippen LogP contribution in [0.2, 0.25) is 0 Å². The van der Waals surface area contributed by atoms with Gasteiger partial charge in [-0.1, -0.05) is 18.2 Å². The number of fused-ring (bicyclic) bond motifs is 4. The molecule has 154 valence electrons. The van der Waals surface area contributed by atoms with E-state index in [1.54, 1.807) is 12.1 Å². The Morgan fingerprint density at radius 3 is 2.79 bits per heavy atom. The first-order chi connectivity index (χ1) is 14.2. The number of rotatable bonds is 5. The Morgan fingerprint density at radius 2 is 1.97 bits per heavy atom. The summed E-state index contributed by atoms with van der Waals surface area (Å²) in [6.07, 6.45) is 6.47. The normalized spacial score (nSPS) is 30.5. The van der Waals surface area contributed by atoms with Crippen molar-refractivity contribution in [3.63, 3.8) is 0 Å². The summed E-state index contributed by atoms with van der Waals surface area (Å²) in [5.41, 5.74) is 9.23. The summed E-state index contributed by atoms with van der Waals surface area (Å²) in [5, 5.41) is 0. The van der Waals surface area contributed by atoms with Crippen molar-refractivity contribution in [3.8, 4) is 0 Å². The van der Waals surface area contributed by atoms with Crippen LogP contribution in [-0.4, -0.2) is 53.5 Å². The molecule has 4 aliphatic heterocycles. The number of hydrogen-bond acceptors (Lipinski definition) is 5. The summed E-state index contributed by atoms with van der Waals surface area (Å²) in [4.78, 5) is 9.64. The zero-order chi connectivity index (χ0) is 19.6. The summed E-state index contributed by atoms with van der Waals surface area (Å²) in [6.45, 7) is 6.56. The molecule has 5 nitrogen and oxygen atoms in total. The fourth-order valence-electron chi connectivity index (χ4n) is 5.41. The second kappa shape index (κ2) is 8.48. The molecule has 4 saturated heterocycles. The third kappa shape index (κ3) is 4.36. The van der Waals surface area contributed by atoms with Gasteiger partial charge in [0.25, 0.3) is 0 Å². The fourth-order valence-corrected chi connectivity index (χ4v) is 5.41. The zero-order valence-electron chi connectivity index (χ0n) is 16.8. The largest absolute Gasteiger partial charge is 0.298 e. The van der Waals surface area contributed by atoms with E-state index < -0.39 is 0 Å². The molecule has 0 saturated carbocycles. The molecule has 0 aliphatic carbocycles. The minimum Gasteiger partial charge on any atom is -0.298 e. The molecule has 4 atom stereocenters. The van der Waals surface area contributed by atoms with Crippen LogP contribution in [-0.2, 0) is 6.54 Å². The van der Waals surface area contributed by atoms with Crippen LogP contribution in [0.4, 0.5) is 4.39 Å². The van der Waals surface area contributed by atoms with E-state index in [9.17, 15) is 4.39 Å². The van der Waals surface area contributed by atoms with Crippen LogP contribution in [0.1, 0.15) is 30.0 Å². The Morgan fingerprint density at radius 1 is 1.07 bits per heavy atom. The average Bonchev–Trinajstić information content (AvgIpc) is 3.02. The summed E-state index contributed by atoms with van der Waals surface area (Å²) >= 11 is 0. The van der Waals surface area contributed by atoms with E-state index in [0.29, 0.717) is 12.0 Å². The van der Waals surface area contributed by atoms with Crippen LogP contribution < -0.4 is 10.9 Å². The third-order valence-electron chi connectivity index (χ3n) is 6.82. The van der Waals surface area contributed by atoms with Crippen molar-refractivity contribution in [1.29, 1.82) is 0 Å². The second-order valence-electron chi connectivity index (χ2n) is 8.92. The Labute approximate surface area is 172 Å². The number of benzene rings is 1. The SMILES string of the molecule is Fc1ccc(C2NNCC2CN2C[C@H]3CC[C@@H]2CN(Cc2cccnc2)C3)cc1. The molecule has 0 radical (unpaired) electrons. The van der Waals surface area contributed by atoms with Crippen LogP contribution >= 0.6 is 0 Å². The zero-order valence-corrected chi connectivity index (χ0v) is 16.8. The maximum atomic E-state index is 13.3. The van der Waals surface area contributed by atoms with Gasteiger partial charge < -0.3 is 0 Å². The minimum atomic E-state index is -0.171. The molecule has 0 spiro atoms. The fraction of sp³-hybridized carbons (Fsp3) is 0.522. The minimum absolute atomic E-state index is 0.171. The Balaban J connectivity index is 1.25. The smallest absolute Gasteiger partial charge is 0.123 e. The predicted molar refractivity (Wildman–Crippen MR) is 111 cm³/mol. The number of nitrogens with one attached hydrogen (secondary N) is 2. The van der Waals surface area contributed by atoms with Gasteiger partial charge in [-0.05, 0) is 48.1 Å². The van der Waals surface area contributed by atoms with Gasteiger partial charge in [-0.25, -0.2) is 9.82 Å². The van der Waals surface area contributed by atoms with Crippen molar-refractivity contribution in [2.24, 2.45) is 11.8 Å². The summed E-state index contributed by atoms with van der Waals surface area (Å²) in [5.74, 6) is 1.07. The molecule has 1 aromatic heterocycles. The number of hydrazine groups is 1. The van der Waals surface area contributed by atoms with Gasteiger partial charge >= 0.3 is 0 Å². The van der Waals surface area contributed by atoms with Gasteiger partial charge in [-0.3, -0.25) is 20.2 Å². The van der Waals surface area contributed by atoms with Crippen molar-refractivity contribution >= 4 is 0 Å². The van der Waals surface area contributed by atoms with Crippen molar-refractivity contribution in [3.05, 3.63) is 65.7 Å². The number of halogens is 1. The molecular weight excluding hydrogens is 365 g/mol. The number of piperidine rings is 1. The summed E-state index contributed by atoms with van der Waals surface area (Å²) in [6, 6.07) is 12.0. The lowest BCUT2D eigenvalue weighted by atomic mass is 9.90. The molecule has 1 aromatic carbocycles. The monoisotopic (exact) mass is 395 g/mol. The molecule has 6 heteroatoms. The van der Waals surface area contributed by atoms with Gasteiger partial charge in [0.05, 0.1) is 6.04 Å². The van der Waals surface area contributed by atoms with E-state index in [1.165, 1.54) is 37.1 Å². The molecule has 4 fully saturated rings. The number of hydrogen-bond donors (Lipinski definition) is 2. The van der Waals surface area contributed by atoms with Crippen LogP contribution in [0, 0.1) is 17.7 Å². The van der Waals surface area contributed by atoms with Crippen LogP contribution in [0.25, 0.3) is 0 Å². The van der Waals surface area contributed by atoms with Gasteiger partial charge in [-0.15, -0.1) is 0 Å². The molecule has 29 heavy (non-hydrogen) atoms. The molecular formula is C23H30FN5. The molecule has 2 bridgehead atoms. The van der Waals surface area contributed by atoms with E-state index in [0.717, 1.165) is 32.1 Å². The van der Waals surface area contributed by atoms with Crippen molar-refractivity contribution in [1.82, 2.24) is 25.6 Å². The lowest BCUT2D eigenvalue weighted by molar-refractivity contribution is 0.109. The van der Waals surface area contributed by atoms with Gasteiger partial charge in [0.1, 0.15) is 5.82 Å². The predicted octanol–water partition coefficient (Wildman–Crippen LogP) is 2.58. The molecule has 4 aliphatic rings. The number of aromatic nitrogens is 1. The Hall–Kier alpha value is -1.86. The third-order valence-corrected chi connectivity index (χ3v) is 6.82. The lowest BCUT2D eigenvalue weighted by Gasteiger charge is -2.38. The highest BCUT2D eigenvalue weighted by Gasteiger charge is 2.38. The van der Waals surface area contributed by atoms with Crippen molar-refractivity contribution in [2.45, 2.75) is 31.5 Å². The highest BCUT2D eigenvalue weighted by atomic mass is 19.1. The molecule has 2 aromatic rings. The molecule has 6 rings (SSSR count). The van der Waals surface area contributed by atoms with Gasteiger partial charge in [0.15, 0.2) is 0 Å². The first kappa shape index (κ1) is 19.1. The van der Waals surface area contributed by atoms with E-state index in [1.807, 2.05) is 30.6 Å². The van der Waals surface area contributed by atoms with E-state index in [2.05, 4.69) is 31.7 Å². The highest BCUT2D eigenvalue weighted by Crippen LogP contribution is 2.32. The average molecular weight is 396 g/mol. The van der Waals surface area contributed by atoms with Crippen LogP contribution in [0.5, 0.6) is 0 Å². The highest BCUT2D eigenvalue weighted by molar-refractivity contribution is 5.22. The van der Waals surface area contributed by atoms with Crippen molar-refractivity contribution in [2.75, 3.05) is 32.7 Å². The molecule has 2 N–H and O–H groups in total. The lowest BCUT2D eigenvalue weighted by Crippen LogP contribution is -2.47. The van der Waals surface area contributed by atoms with E-state index in [4.69, 9.17) is 0 Å².